The van der Waals surface area contributed by atoms with Gasteiger partial charge in [-0.15, -0.1) is 0 Å². The molecule has 0 amide bonds. The Morgan fingerprint density at radius 2 is 1.33 bits per heavy atom. The van der Waals surface area contributed by atoms with Crippen LogP contribution in [-0.2, 0) is 9.53 Å². The molecule has 0 aromatic rings. The number of esters is 1. The van der Waals surface area contributed by atoms with Gasteiger partial charge in [-0.25, -0.2) is 0 Å². The van der Waals surface area contributed by atoms with Gasteiger partial charge in [-0.05, 0) is 32.4 Å². The van der Waals surface area contributed by atoms with Gasteiger partial charge in [0.2, 0.25) is 0 Å². The molecule has 0 N–H and O–H groups in total. The summed E-state index contributed by atoms with van der Waals surface area (Å²) in [5, 5.41) is 0. The van der Waals surface area contributed by atoms with Crippen molar-refractivity contribution in [3.05, 3.63) is 0 Å². The van der Waals surface area contributed by atoms with E-state index in [1.54, 1.807) is 0 Å². The average Bonchev–Trinajstić information content (AvgIpc) is 2.50. The van der Waals surface area contributed by atoms with Gasteiger partial charge in [-0.1, -0.05) is 59.3 Å². The van der Waals surface area contributed by atoms with Gasteiger partial charge in [0.1, 0.15) is 0 Å². The second-order valence-electron chi connectivity index (χ2n) is 5.93. The molecule has 0 aliphatic heterocycles. The lowest BCUT2D eigenvalue weighted by Crippen LogP contribution is -2.29. The molecule has 0 saturated carbocycles. The van der Waals surface area contributed by atoms with Crippen LogP contribution in [0.15, 0.2) is 0 Å². The predicted octanol–water partition coefficient (Wildman–Crippen LogP) is 4.79. The monoisotopic (exact) mass is 299 g/mol. The molecule has 0 radical (unpaired) electrons. The molecule has 0 heterocycles. The molecule has 0 rings (SSSR count). The topological polar surface area (TPSA) is 29.5 Å². The van der Waals surface area contributed by atoms with Gasteiger partial charge in [-0.2, -0.15) is 0 Å². The van der Waals surface area contributed by atoms with E-state index in [0.717, 1.165) is 26.1 Å². The lowest BCUT2D eigenvalue weighted by atomic mass is 10.2. The predicted molar refractivity (Wildman–Crippen MR) is 90.6 cm³/mol. The van der Waals surface area contributed by atoms with Crippen molar-refractivity contribution in [3.63, 3.8) is 0 Å². The van der Waals surface area contributed by atoms with Gasteiger partial charge in [0.05, 0.1) is 13.0 Å². The molecule has 3 heteroatoms. The molecule has 126 valence electrons. The highest BCUT2D eigenvalue weighted by Crippen LogP contribution is 2.04. The third kappa shape index (κ3) is 14.1. The minimum Gasteiger partial charge on any atom is -0.466 e. The second kappa shape index (κ2) is 15.8. The van der Waals surface area contributed by atoms with E-state index in [1.807, 2.05) is 0 Å². The van der Waals surface area contributed by atoms with Gasteiger partial charge in [0, 0.05) is 6.54 Å². The van der Waals surface area contributed by atoms with Gasteiger partial charge >= 0.3 is 5.97 Å². The quantitative estimate of drug-likeness (QED) is 0.321. The number of hydrogen-bond acceptors (Lipinski definition) is 3. The van der Waals surface area contributed by atoms with Crippen LogP contribution in [-0.4, -0.2) is 37.1 Å². The maximum atomic E-state index is 11.7. The van der Waals surface area contributed by atoms with Crippen LogP contribution in [0.1, 0.15) is 85.0 Å². The number of hydrogen-bond donors (Lipinski definition) is 0. The van der Waals surface area contributed by atoms with Crippen LogP contribution in [0.5, 0.6) is 0 Å². The molecular formula is C18H37NO2. The van der Waals surface area contributed by atoms with Crippen molar-refractivity contribution in [2.75, 3.05) is 26.2 Å². The highest BCUT2D eigenvalue weighted by Gasteiger charge is 2.08. The third-order valence-corrected chi connectivity index (χ3v) is 3.80. The zero-order chi connectivity index (χ0) is 15.8. The van der Waals surface area contributed by atoms with Crippen molar-refractivity contribution in [2.24, 2.45) is 0 Å². The van der Waals surface area contributed by atoms with Crippen molar-refractivity contribution in [1.29, 1.82) is 0 Å². The molecule has 0 aromatic heterocycles. The van der Waals surface area contributed by atoms with Crippen molar-refractivity contribution in [3.8, 4) is 0 Å². The first kappa shape index (κ1) is 20.4. The van der Waals surface area contributed by atoms with E-state index in [9.17, 15) is 4.79 Å². The molecule has 21 heavy (non-hydrogen) atoms. The van der Waals surface area contributed by atoms with Gasteiger partial charge < -0.3 is 9.64 Å². The largest absolute Gasteiger partial charge is 0.466 e. The summed E-state index contributed by atoms with van der Waals surface area (Å²) >= 11 is 0. The fraction of sp³-hybridized carbons (Fsp3) is 0.944. The Morgan fingerprint density at radius 3 is 1.90 bits per heavy atom. The Kier molecular flexibility index (Phi) is 15.4. The van der Waals surface area contributed by atoms with Gasteiger partial charge in [0.25, 0.3) is 0 Å². The number of carbonyl (C=O) groups excluding carboxylic acids is 1. The Bertz CT molecular complexity index is 223. The molecule has 0 bridgehead atoms. The van der Waals surface area contributed by atoms with Crippen molar-refractivity contribution < 1.29 is 9.53 Å². The number of carbonyl (C=O) groups is 1. The summed E-state index contributed by atoms with van der Waals surface area (Å²) in [5.41, 5.74) is 0. The Hall–Kier alpha value is -0.570. The SMILES string of the molecule is CCCCCCCOC(=O)CCN(CCCC)CCCC. The summed E-state index contributed by atoms with van der Waals surface area (Å²) in [5.74, 6) is -0.0245. The smallest absolute Gasteiger partial charge is 0.307 e. The summed E-state index contributed by atoms with van der Waals surface area (Å²) in [6.07, 6.45) is 11.4. The van der Waals surface area contributed by atoms with Crippen LogP contribution in [0.2, 0.25) is 0 Å². The van der Waals surface area contributed by atoms with E-state index in [1.165, 1.54) is 51.4 Å². The average molecular weight is 299 g/mol. The van der Waals surface area contributed by atoms with Crippen LogP contribution in [0.3, 0.4) is 0 Å². The van der Waals surface area contributed by atoms with E-state index in [0.29, 0.717) is 13.0 Å². The first-order valence-electron chi connectivity index (χ1n) is 9.12. The van der Waals surface area contributed by atoms with Crippen LogP contribution in [0, 0.1) is 0 Å². The van der Waals surface area contributed by atoms with E-state index in [-0.39, 0.29) is 5.97 Å². The lowest BCUT2D eigenvalue weighted by Gasteiger charge is -2.21. The zero-order valence-electron chi connectivity index (χ0n) is 14.7. The van der Waals surface area contributed by atoms with E-state index < -0.39 is 0 Å². The van der Waals surface area contributed by atoms with Gasteiger partial charge in [-0.3, -0.25) is 4.79 Å². The summed E-state index contributed by atoms with van der Waals surface area (Å²) in [6, 6.07) is 0. The van der Waals surface area contributed by atoms with Crippen LogP contribution in [0.25, 0.3) is 0 Å². The standard InChI is InChI=1S/C18H37NO2/c1-4-7-10-11-12-17-21-18(20)13-16-19(14-8-5-2)15-9-6-3/h4-17H2,1-3H3. The number of ether oxygens (including phenoxy) is 1. The Morgan fingerprint density at radius 1 is 0.762 bits per heavy atom. The molecule has 0 atom stereocenters. The van der Waals surface area contributed by atoms with Crippen molar-refractivity contribution >= 4 is 5.97 Å². The number of unbranched alkanes of at least 4 members (excludes halogenated alkanes) is 6. The molecule has 0 unspecified atom stereocenters. The summed E-state index contributed by atoms with van der Waals surface area (Å²) in [4.78, 5) is 14.1. The molecule has 0 spiro atoms. The van der Waals surface area contributed by atoms with Crippen LogP contribution in [0.4, 0.5) is 0 Å². The van der Waals surface area contributed by atoms with E-state index in [2.05, 4.69) is 25.7 Å². The molecule has 0 fully saturated rings. The molecule has 0 aromatic carbocycles. The molecule has 0 aliphatic rings. The molecule has 0 aliphatic carbocycles. The summed E-state index contributed by atoms with van der Waals surface area (Å²) in [7, 11) is 0. The molecule has 3 nitrogen and oxygen atoms in total. The minimum atomic E-state index is -0.0245. The van der Waals surface area contributed by atoms with Gasteiger partial charge in [0.15, 0.2) is 0 Å². The normalized spacial score (nSPS) is 11.0. The van der Waals surface area contributed by atoms with E-state index in [4.69, 9.17) is 4.74 Å². The highest BCUT2D eigenvalue weighted by molar-refractivity contribution is 5.69. The first-order valence-corrected chi connectivity index (χ1v) is 9.12. The van der Waals surface area contributed by atoms with E-state index >= 15 is 0 Å². The third-order valence-electron chi connectivity index (χ3n) is 3.80. The van der Waals surface area contributed by atoms with Crippen molar-refractivity contribution in [1.82, 2.24) is 4.90 Å². The number of nitrogens with zero attached hydrogens (tertiary/aromatic N) is 1. The summed E-state index contributed by atoms with van der Waals surface area (Å²) < 4.78 is 5.32. The number of rotatable bonds is 15. The highest BCUT2D eigenvalue weighted by atomic mass is 16.5. The maximum Gasteiger partial charge on any atom is 0.307 e. The maximum absolute atomic E-state index is 11.7. The van der Waals surface area contributed by atoms with Crippen molar-refractivity contribution in [2.45, 2.75) is 85.0 Å². The Labute approximate surface area is 132 Å². The second-order valence-corrected chi connectivity index (χ2v) is 5.93. The van der Waals surface area contributed by atoms with Crippen LogP contribution < -0.4 is 0 Å². The Balaban J connectivity index is 3.65. The first-order chi connectivity index (χ1) is 10.2. The molecule has 0 saturated heterocycles. The summed E-state index contributed by atoms with van der Waals surface area (Å²) in [6.45, 7) is 10.3. The molecular weight excluding hydrogens is 262 g/mol. The zero-order valence-corrected chi connectivity index (χ0v) is 14.7. The van der Waals surface area contributed by atoms with Crippen LogP contribution >= 0.6 is 0 Å². The fourth-order valence-electron chi connectivity index (χ4n) is 2.31. The lowest BCUT2D eigenvalue weighted by molar-refractivity contribution is -0.144. The minimum absolute atomic E-state index is 0.0245. The fourth-order valence-corrected chi connectivity index (χ4v) is 2.31.